The number of ether oxygens (including phenoxy) is 2. The molecule has 0 aromatic carbocycles. The standard InChI is InChI=1S/C8H18N2.C7H14N2.C7H15NO.C6H11NO/c1-3-4-10-7-5-9(2)6-8-10;1-3-9-6-4-8(2)5-7-9;1-2-3-8-4-6-9-7-5-8;1-2-7-3-5-8-6-4-7/h3-8H2,1-2H3;3H,1,4-7H2,2H3;2-7H2,1H3;2H,1,3-6H2. The van der Waals surface area contributed by atoms with E-state index in [0.29, 0.717) is 0 Å². The molecule has 4 rings (SSSR count). The highest BCUT2D eigenvalue weighted by Crippen LogP contribution is 1.99. The van der Waals surface area contributed by atoms with Gasteiger partial charge >= 0.3 is 0 Å². The maximum atomic E-state index is 5.20. The number of hydrogen-bond acceptors (Lipinski definition) is 8. The molecule has 0 N–H and O–H groups in total. The van der Waals surface area contributed by atoms with Gasteiger partial charge in [-0.2, -0.15) is 0 Å². The molecule has 0 amide bonds. The van der Waals surface area contributed by atoms with Crippen molar-refractivity contribution in [2.24, 2.45) is 0 Å². The van der Waals surface area contributed by atoms with Crippen LogP contribution in [0, 0.1) is 0 Å². The van der Waals surface area contributed by atoms with Crippen molar-refractivity contribution in [2.45, 2.75) is 26.7 Å². The molecule has 212 valence electrons. The highest BCUT2D eigenvalue weighted by Gasteiger charge is 2.11. The lowest BCUT2D eigenvalue weighted by molar-refractivity contribution is 0.0380. The Kier molecular flexibility index (Phi) is 20.0. The molecule has 36 heavy (non-hydrogen) atoms. The summed E-state index contributed by atoms with van der Waals surface area (Å²) in [6.07, 6.45) is 6.35. The van der Waals surface area contributed by atoms with Gasteiger partial charge in [-0.3, -0.25) is 4.90 Å². The number of rotatable bonds is 6. The number of likely N-dealkylation sites (N-methyl/N-ethyl adjacent to an activating group) is 2. The topological polar surface area (TPSA) is 37.9 Å². The third-order valence-corrected chi connectivity index (χ3v) is 6.88. The van der Waals surface area contributed by atoms with E-state index in [1.165, 1.54) is 65.2 Å². The van der Waals surface area contributed by atoms with Gasteiger partial charge in [0, 0.05) is 78.5 Å². The third kappa shape index (κ3) is 16.6. The van der Waals surface area contributed by atoms with Gasteiger partial charge in [-0.05, 0) is 52.4 Å². The first-order chi connectivity index (χ1) is 17.5. The van der Waals surface area contributed by atoms with Gasteiger partial charge in [0.05, 0.1) is 26.4 Å². The molecule has 4 aliphatic heterocycles. The van der Waals surface area contributed by atoms with Gasteiger partial charge in [-0.1, -0.05) is 27.0 Å². The number of morpholine rings is 2. The minimum atomic E-state index is 0.853. The summed E-state index contributed by atoms with van der Waals surface area (Å²) in [7, 11) is 4.35. The Morgan fingerprint density at radius 3 is 1.28 bits per heavy atom. The highest BCUT2D eigenvalue weighted by atomic mass is 16.5. The Hall–Kier alpha value is -1.16. The maximum absolute atomic E-state index is 5.20. The van der Waals surface area contributed by atoms with Crippen molar-refractivity contribution >= 4 is 0 Å². The average Bonchev–Trinajstić information content (AvgIpc) is 2.93. The van der Waals surface area contributed by atoms with Crippen LogP contribution >= 0.6 is 0 Å². The molecule has 0 unspecified atom stereocenters. The van der Waals surface area contributed by atoms with Crippen LogP contribution in [0.2, 0.25) is 0 Å². The van der Waals surface area contributed by atoms with Crippen LogP contribution in [0.5, 0.6) is 0 Å². The van der Waals surface area contributed by atoms with Crippen LogP contribution in [0.3, 0.4) is 0 Å². The largest absolute Gasteiger partial charge is 0.379 e. The molecule has 8 nitrogen and oxygen atoms in total. The predicted molar refractivity (Wildman–Crippen MR) is 154 cm³/mol. The minimum absolute atomic E-state index is 0.853. The molecule has 0 aromatic heterocycles. The number of nitrogens with zero attached hydrogens (tertiary/aromatic N) is 6. The summed E-state index contributed by atoms with van der Waals surface area (Å²) in [5.41, 5.74) is 0. The quantitative estimate of drug-likeness (QED) is 0.539. The fourth-order valence-corrected chi connectivity index (χ4v) is 4.29. The fraction of sp³-hybridized carbons (Fsp3) is 0.857. The summed E-state index contributed by atoms with van der Waals surface area (Å²) in [5, 5.41) is 0. The Labute approximate surface area is 223 Å². The summed E-state index contributed by atoms with van der Waals surface area (Å²) in [6, 6.07) is 0. The first kappa shape index (κ1) is 32.9. The molecule has 0 saturated carbocycles. The van der Waals surface area contributed by atoms with Crippen LogP contribution < -0.4 is 0 Å². The Bertz CT molecular complexity index is 507. The molecule has 0 aliphatic carbocycles. The van der Waals surface area contributed by atoms with E-state index >= 15 is 0 Å². The lowest BCUT2D eigenvalue weighted by atomic mass is 10.3. The van der Waals surface area contributed by atoms with Gasteiger partial charge in [0.25, 0.3) is 0 Å². The smallest absolute Gasteiger partial charge is 0.0642 e. The second-order valence-electron chi connectivity index (χ2n) is 9.95. The van der Waals surface area contributed by atoms with Crippen molar-refractivity contribution in [3.63, 3.8) is 0 Å². The molecule has 4 saturated heterocycles. The van der Waals surface area contributed by atoms with Gasteiger partial charge in [0.2, 0.25) is 0 Å². The predicted octanol–water partition coefficient (Wildman–Crippen LogP) is 2.21. The van der Waals surface area contributed by atoms with Crippen LogP contribution in [0.1, 0.15) is 26.7 Å². The average molecular weight is 511 g/mol. The van der Waals surface area contributed by atoms with Crippen LogP contribution in [0.15, 0.2) is 25.6 Å². The zero-order valence-corrected chi connectivity index (χ0v) is 24.2. The van der Waals surface area contributed by atoms with Crippen molar-refractivity contribution in [2.75, 3.05) is 132 Å². The van der Waals surface area contributed by atoms with E-state index in [0.717, 1.165) is 65.7 Å². The summed E-state index contributed by atoms with van der Waals surface area (Å²) in [6.45, 7) is 31.9. The SMILES string of the molecule is C=CN1CCN(C)CC1.C=CN1CCOCC1.CCCN1CCN(C)CC1.CCCN1CCOCC1. The monoisotopic (exact) mass is 510 g/mol. The van der Waals surface area contributed by atoms with Crippen molar-refractivity contribution in [1.29, 1.82) is 0 Å². The van der Waals surface area contributed by atoms with E-state index in [1.807, 2.05) is 12.4 Å². The Morgan fingerprint density at radius 2 is 0.889 bits per heavy atom. The van der Waals surface area contributed by atoms with E-state index in [4.69, 9.17) is 9.47 Å². The molecule has 8 heteroatoms. The van der Waals surface area contributed by atoms with E-state index in [9.17, 15) is 0 Å². The molecule has 0 aromatic rings. The maximum Gasteiger partial charge on any atom is 0.0642 e. The second-order valence-corrected chi connectivity index (χ2v) is 9.95. The van der Waals surface area contributed by atoms with Gasteiger partial charge < -0.3 is 34.0 Å². The van der Waals surface area contributed by atoms with Crippen LogP contribution in [0.4, 0.5) is 0 Å². The fourth-order valence-electron chi connectivity index (χ4n) is 4.29. The third-order valence-electron chi connectivity index (χ3n) is 6.88. The summed E-state index contributed by atoms with van der Waals surface area (Å²) < 4.78 is 10.3. The number of piperazine rings is 2. The van der Waals surface area contributed by atoms with Gasteiger partial charge in [0.15, 0.2) is 0 Å². The van der Waals surface area contributed by atoms with Gasteiger partial charge in [0.1, 0.15) is 0 Å². The molecule has 0 bridgehead atoms. The lowest BCUT2D eigenvalue weighted by Gasteiger charge is -2.31. The van der Waals surface area contributed by atoms with Gasteiger partial charge in [-0.15, -0.1) is 0 Å². The van der Waals surface area contributed by atoms with E-state index in [-0.39, 0.29) is 0 Å². The van der Waals surface area contributed by atoms with Crippen molar-refractivity contribution in [1.82, 2.24) is 29.4 Å². The molecule has 4 fully saturated rings. The molecular formula is C28H58N6O2. The van der Waals surface area contributed by atoms with Crippen LogP contribution in [-0.2, 0) is 9.47 Å². The van der Waals surface area contributed by atoms with Crippen molar-refractivity contribution < 1.29 is 9.47 Å². The lowest BCUT2D eigenvalue weighted by Crippen LogP contribution is -2.44. The first-order valence-electron chi connectivity index (χ1n) is 14.2. The highest BCUT2D eigenvalue weighted by molar-refractivity contribution is 4.77. The van der Waals surface area contributed by atoms with E-state index in [1.54, 1.807) is 0 Å². The molecule has 4 heterocycles. The zero-order valence-electron chi connectivity index (χ0n) is 24.2. The summed E-state index contributed by atoms with van der Waals surface area (Å²) >= 11 is 0. The van der Waals surface area contributed by atoms with E-state index in [2.05, 4.69) is 70.5 Å². The number of hydrogen-bond donors (Lipinski definition) is 0. The minimum Gasteiger partial charge on any atom is -0.379 e. The summed E-state index contributed by atoms with van der Waals surface area (Å²) in [4.78, 5) is 14.1. The molecule has 0 atom stereocenters. The van der Waals surface area contributed by atoms with Crippen molar-refractivity contribution in [3.8, 4) is 0 Å². The normalized spacial score (nSPS) is 22.2. The van der Waals surface area contributed by atoms with Crippen LogP contribution in [0.25, 0.3) is 0 Å². The van der Waals surface area contributed by atoms with Gasteiger partial charge in [-0.25, -0.2) is 0 Å². The molecule has 0 radical (unpaired) electrons. The molecular weight excluding hydrogens is 452 g/mol. The first-order valence-corrected chi connectivity index (χ1v) is 14.2. The Morgan fingerprint density at radius 1 is 0.528 bits per heavy atom. The zero-order chi connectivity index (χ0) is 26.4. The summed E-state index contributed by atoms with van der Waals surface area (Å²) in [5.74, 6) is 0. The van der Waals surface area contributed by atoms with Crippen LogP contribution in [-0.4, -0.2) is 162 Å². The molecule has 0 spiro atoms. The molecule has 4 aliphatic rings. The Balaban J connectivity index is 0.000000241. The van der Waals surface area contributed by atoms with Crippen molar-refractivity contribution in [3.05, 3.63) is 25.6 Å². The second kappa shape index (κ2) is 21.9. The van der Waals surface area contributed by atoms with E-state index < -0.39 is 0 Å².